The van der Waals surface area contributed by atoms with Crippen LogP contribution in [0.2, 0.25) is 0 Å². The largest absolute Gasteiger partial charge is 0.481 e. The van der Waals surface area contributed by atoms with Gasteiger partial charge in [-0.2, -0.15) is 0 Å². The zero-order valence-corrected chi connectivity index (χ0v) is 14.3. The Labute approximate surface area is 137 Å². The highest BCUT2D eigenvalue weighted by molar-refractivity contribution is 5.66. The lowest BCUT2D eigenvalue weighted by Crippen LogP contribution is -1.92. The second-order valence-corrected chi connectivity index (χ2v) is 5.73. The Morgan fingerprint density at radius 3 is 1.82 bits per heavy atom. The van der Waals surface area contributed by atoms with Gasteiger partial charge in [-0.1, -0.05) is 75.5 Å². The van der Waals surface area contributed by atoms with Crippen molar-refractivity contribution < 1.29 is 9.90 Å². The maximum absolute atomic E-state index is 10.3. The molecule has 0 unspecified atom stereocenters. The number of rotatable bonds is 15. The molecular formula is C20H34O2. The molecule has 0 aromatic rings. The molecule has 0 aliphatic carbocycles. The molecule has 0 radical (unpaired) electrons. The van der Waals surface area contributed by atoms with Gasteiger partial charge in [0, 0.05) is 6.42 Å². The van der Waals surface area contributed by atoms with Crippen LogP contribution in [0.5, 0.6) is 0 Å². The van der Waals surface area contributed by atoms with Crippen molar-refractivity contribution in [2.24, 2.45) is 0 Å². The summed E-state index contributed by atoms with van der Waals surface area (Å²) in [6.07, 6.45) is 26.3. The minimum absolute atomic E-state index is 0.267. The van der Waals surface area contributed by atoms with Gasteiger partial charge in [-0.25, -0.2) is 0 Å². The fourth-order valence-corrected chi connectivity index (χ4v) is 2.19. The summed E-state index contributed by atoms with van der Waals surface area (Å²) < 4.78 is 0. The lowest BCUT2D eigenvalue weighted by Gasteiger charge is -1.97. The van der Waals surface area contributed by atoms with Crippen LogP contribution in [0.25, 0.3) is 0 Å². The van der Waals surface area contributed by atoms with Crippen molar-refractivity contribution in [1.82, 2.24) is 0 Å². The van der Waals surface area contributed by atoms with Crippen LogP contribution in [-0.4, -0.2) is 11.1 Å². The van der Waals surface area contributed by atoms with Crippen molar-refractivity contribution in [3.8, 4) is 0 Å². The molecule has 0 spiro atoms. The fourth-order valence-electron chi connectivity index (χ4n) is 2.19. The third-order valence-corrected chi connectivity index (χ3v) is 3.53. The summed E-state index contributed by atoms with van der Waals surface area (Å²) in [6, 6.07) is 0. The van der Waals surface area contributed by atoms with Crippen LogP contribution >= 0.6 is 0 Å². The molecule has 0 saturated carbocycles. The van der Waals surface area contributed by atoms with Gasteiger partial charge in [-0.05, 0) is 38.5 Å². The third-order valence-electron chi connectivity index (χ3n) is 3.53. The lowest BCUT2D eigenvalue weighted by atomic mass is 10.1. The molecule has 0 fully saturated rings. The predicted molar refractivity (Wildman–Crippen MR) is 96.1 cm³/mol. The normalized spacial score (nSPS) is 12.0. The molecule has 22 heavy (non-hydrogen) atoms. The van der Waals surface area contributed by atoms with Crippen molar-refractivity contribution in [2.75, 3.05) is 0 Å². The highest BCUT2D eigenvalue weighted by Crippen LogP contribution is 2.07. The van der Waals surface area contributed by atoms with E-state index in [2.05, 4.69) is 43.4 Å². The van der Waals surface area contributed by atoms with Gasteiger partial charge < -0.3 is 5.11 Å². The molecule has 126 valence electrons. The van der Waals surface area contributed by atoms with Gasteiger partial charge in [-0.15, -0.1) is 0 Å². The summed E-state index contributed by atoms with van der Waals surface area (Å²) in [5.74, 6) is -0.707. The average Bonchev–Trinajstić information content (AvgIpc) is 2.50. The van der Waals surface area contributed by atoms with Crippen LogP contribution in [0.1, 0.15) is 84.0 Å². The van der Waals surface area contributed by atoms with Gasteiger partial charge in [0.15, 0.2) is 0 Å². The predicted octanol–water partition coefficient (Wildman–Crippen LogP) is 6.44. The van der Waals surface area contributed by atoms with E-state index >= 15 is 0 Å². The van der Waals surface area contributed by atoms with E-state index < -0.39 is 5.97 Å². The first-order chi connectivity index (χ1) is 10.8. The molecule has 0 aromatic heterocycles. The van der Waals surface area contributed by atoms with Gasteiger partial charge in [0.05, 0.1) is 0 Å². The zero-order valence-electron chi connectivity index (χ0n) is 14.3. The maximum atomic E-state index is 10.3. The summed E-state index contributed by atoms with van der Waals surface area (Å²) in [5, 5.41) is 8.50. The van der Waals surface area contributed by atoms with Crippen molar-refractivity contribution in [3.05, 3.63) is 36.5 Å². The Morgan fingerprint density at radius 2 is 1.23 bits per heavy atom. The van der Waals surface area contributed by atoms with Gasteiger partial charge in [-0.3, -0.25) is 4.79 Å². The van der Waals surface area contributed by atoms with E-state index in [1.807, 2.05) is 0 Å². The summed E-state index contributed by atoms with van der Waals surface area (Å²) >= 11 is 0. The minimum atomic E-state index is -0.707. The van der Waals surface area contributed by atoms with Gasteiger partial charge in [0.1, 0.15) is 0 Å². The van der Waals surface area contributed by atoms with E-state index in [-0.39, 0.29) is 6.42 Å². The van der Waals surface area contributed by atoms with Crippen LogP contribution in [0.3, 0.4) is 0 Å². The van der Waals surface area contributed by atoms with Crippen molar-refractivity contribution in [1.29, 1.82) is 0 Å². The summed E-state index contributed by atoms with van der Waals surface area (Å²) in [7, 11) is 0. The lowest BCUT2D eigenvalue weighted by molar-refractivity contribution is -0.137. The summed E-state index contributed by atoms with van der Waals surface area (Å²) in [4.78, 5) is 10.3. The number of carboxylic acids is 1. The first-order valence-electron chi connectivity index (χ1n) is 8.94. The molecule has 0 aliphatic rings. The molecule has 1 N–H and O–H groups in total. The third kappa shape index (κ3) is 18.7. The fraction of sp³-hybridized carbons (Fsp3) is 0.650. The van der Waals surface area contributed by atoms with E-state index in [9.17, 15) is 4.79 Å². The number of aliphatic carboxylic acids is 1. The van der Waals surface area contributed by atoms with Crippen LogP contribution in [-0.2, 0) is 4.79 Å². The number of hydrogen-bond donors (Lipinski definition) is 1. The Balaban J connectivity index is 3.30. The smallest absolute Gasteiger partial charge is 0.303 e. The molecule has 0 aromatic carbocycles. The Hall–Kier alpha value is -1.31. The van der Waals surface area contributed by atoms with Crippen molar-refractivity contribution in [2.45, 2.75) is 84.0 Å². The van der Waals surface area contributed by atoms with Crippen molar-refractivity contribution >= 4 is 5.97 Å². The quantitative estimate of drug-likeness (QED) is 0.279. The standard InChI is InChI=1S/C20H34O2/c1-2-3-4-5-6-7-8-9-10-11-12-13-14-15-16-17-18-19-20(21)22/h9-10,12-13,15-16H,2-8,11,14,17-19H2,1H3,(H,21,22). The number of hydrogen-bond acceptors (Lipinski definition) is 1. The molecule has 0 heterocycles. The summed E-state index contributed by atoms with van der Waals surface area (Å²) in [6.45, 7) is 2.26. The highest BCUT2D eigenvalue weighted by atomic mass is 16.4. The minimum Gasteiger partial charge on any atom is -0.481 e. The van der Waals surface area contributed by atoms with Crippen molar-refractivity contribution in [3.63, 3.8) is 0 Å². The second kappa shape index (κ2) is 17.7. The number of allylic oxidation sites excluding steroid dienone is 6. The molecule has 2 heteroatoms. The molecule has 2 nitrogen and oxygen atoms in total. The Morgan fingerprint density at radius 1 is 0.727 bits per heavy atom. The Bertz CT molecular complexity index is 327. The van der Waals surface area contributed by atoms with Gasteiger partial charge in [0.25, 0.3) is 0 Å². The molecular weight excluding hydrogens is 272 g/mol. The number of carbonyl (C=O) groups is 1. The van der Waals surface area contributed by atoms with E-state index in [0.29, 0.717) is 0 Å². The Kier molecular flexibility index (Phi) is 16.7. The van der Waals surface area contributed by atoms with Gasteiger partial charge in [0.2, 0.25) is 0 Å². The van der Waals surface area contributed by atoms with Crippen LogP contribution in [0, 0.1) is 0 Å². The monoisotopic (exact) mass is 306 g/mol. The second-order valence-electron chi connectivity index (χ2n) is 5.73. The molecule has 0 aliphatic heterocycles. The first-order valence-corrected chi connectivity index (χ1v) is 8.94. The number of carboxylic acid groups (broad SMARTS) is 1. The first kappa shape index (κ1) is 20.7. The zero-order chi connectivity index (χ0) is 16.3. The molecule has 0 bridgehead atoms. The molecule has 0 saturated heterocycles. The number of unbranched alkanes of at least 4 members (excludes halogenated alkanes) is 7. The van der Waals surface area contributed by atoms with E-state index in [4.69, 9.17) is 5.11 Å². The van der Waals surface area contributed by atoms with Gasteiger partial charge >= 0.3 is 5.97 Å². The topological polar surface area (TPSA) is 37.3 Å². The summed E-state index contributed by atoms with van der Waals surface area (Å²) in [5.41, 5.74) is 0. The highest BCUT2D eigenvalue weighted by Gasteiger charge is 1.92. The van der Waals surface area contributed by atoms with Crippen LogP contribution in [0.15, 0.2) is 36.5 Å². The van der Waals surface area contributed by atoms with E-state index in [1.54, 1.807) is 0 Å². The van der Waals surface area contributed by atoms with Crippen LogP contribution < -0.4 is 0 Å². The maximum Gasteiger partial charge on any atom is 0.303 e. The van der Waals surface area contributed by atoms with E-state index in [1.165, 1.54) is 44.9 Å². The average molecular weight is 306 g/mol. The van der Waals surface area contributed by atoms with Crippen LogP contribution in [0.4, 0.5) is 0 Å². The molecule has 0 rings (SSSR count). The SMILES string of the molecule is CCCCCCCCC=CCC=CCC=CCCCC(=O)O. The molecule has 0 amide bonds. The van der Waals surface area contributed by atoms with E-state index in [0.717, 1.165) is 25.7 Å². The molecule has 0 atom stereocenters.